The number of carbonyl (C=O) groups excluding carboxylic acids is 1. The van der Waals surface area contributed by atoms with Crippen LogP contribution in [0.4, 0.5) is 5.69 Å². The minimum atomic E-state index is -0.585. The zero-order valence-corrected chi connectivity index (χ0v) is 18.4. The van der Waals surface area contributed by atoms with Gasteiger partial charge in [0.05, 0.1) is 10.5 Å². The van der Waals surface area contributed by atoms with Gasteiger partial charge in [0.1, 0.15) is 19.0 Å². The number of nitrogens with one attached hydrogen (secondary N) is 1. The Hall–Kier alpha value is -1.96. The summed E-state index contributed by atoms with van der Waals surface area (Å²) in [6.07, 6.45) is 5.30. The number of allylic oxidation sites excluding steroid dienone is 2. The number of ether oxygens (including phenoxy) is 1. The fraction of sp³-hybridized carbons (Fsp3) is 0.238. The van der Waals surface area contributed by atoms with Gasteiger partial charge in [0.2, 0.25) is 5.88 Å². The first-order valence-electron chi connectivity index (χ1n) is 8.78. The van der Waals surface area contributed by atoms with E-state index in [1.807, 2.05) is 6.20 Å². The highest BCUT2D eigenvalue weighted by molar-refractivity contribution is 9.12. The van der Waals surface area contributed by atoms with Gasteiger partial charge < -0.3 is 15.2 Å². The van der Waals surface area contributed by atoms with Crippen LogP contribution in [0, 0.1) is 6.92 Å². The first kappa shape index (κ1) is 20.8. The lowest BCUT2D eigenvalue weighted by atomic mass is 10.1. The number of nitrogens with zero attached hydrogens (tertiary/aromatic N) is 1. The second-order valence-electron chi connectivity index (χ2n) is 6.42. The van der Waals surface area contributed by atoms with E-state index in [0.717, 1.165) is 24.1 Å². The molecule has 7 heteroatoms. The Morgan fingerprint density at radius 3 is 2.71 bits per heavy atom. The van der Waals surface area contributed by atoms with E-state index in [-0.39, 0.29) is 4.83 Å². The molecular weight excluding hydrogens is 488 g/mol. The van der Waals surface area contributed by atoms with Crippen LogP contribution in [0.25, 0.3) is 11.1 Å². The number of rotatable bonds is 2. The molecule has 0 fully saturated rings. The monoisotopic (exact) mass is 506 g/mol. The molecule has 1 aromatic heterocycles. The van der Waals surface area contributed by atoms with E-state index in [0.29, 0.717) is 22.5 Å². The van der Waals surface area contributed by atoms with Gasteiger partial charge in [-0.05, 0) is 24.6 Å². The number of fused-ring (bicyclic) bond motifs is 1. The van der Waals surface area contributed by atoms with Crippen molar-refractivity contribution in [2.75, 3.05) is 18.5 Å². The predicted molar refractivity (Wildman–Crippen MR) is 118 cm³/mol. The van der Waals surface area contributed by atoms with Crippen LogP contribution < -0.4 is 10.1 Å². The number of halogens is 2. The van der Waals surface area contributed by atoms with Gasteiger partial charge in [0.15, 0.2) is 0 Å². The number of aryl methyl sites for hydroxylation is 1. The number of aldehydes is 1. The van der Waals surface area contributed by atoms with Crippen LogP contribution in [-0.4, -0.2) is 40.5 Å². The van der Waals surface area contributed by atoms with E-state index in [4.69, 9.17) is 4.74 Å². The Morgan fingerprint density at radius 2 is 2.04 bits per heavy atom. The number of hydrogen-bond acceptors (Lipinski definition) is 5. The van der Waals surface area contributed by atoms with Crippen molar-refractivity contribution in [3.8, 4) is 17.0 Å². The number of benzene rings is 1. The van der Waals surface area contributed by atoms with Crippen LogP contribution in [0.3, 0.4) is 0 Å². The molecule has 5 nitrogen and oxygen atoms in total. The molecule has 0 bridgehead atoms. The molecule has 1 aliphatic heterocycles. The lowest BCUT2D eigenvalue weighted by Gasteiger charge is -2.18. The van der Waals surface area contributed by atoms with Gasteiger partial charge >= 0.3 is 0 Å². The fourth-order valence-corrected chi connectivity index (χ4v) is 4.22. The van der Waals surface area contributed by atoms with Crippen molar-refractivity contribution in [1.82, 2.24) is 4.98 Å². The van der Waals surface area contributed by atoms with Gasteiger partial charge in [0, 0.05) is 28.4 Å². The molecule has 0 spiro atoms. The summed E-state index contributed by atoms with van der Waals surface area (Å²) in [7, 11) is 0. The predicted octanol–water partition coefficient (Wildman–Crippen LogP) is 4.39. The van der Waals surface area contributed by atoms with Crippen LogP contribution in [0.2, 0.25) is 0 Å². The molecular formula is C21H20Br2N2O3. The van der Waals surface area contributed by atoms with Gasteiger partial charge in [-0.2, -0.15) is 0 Å². The largest absolute Gasteiger partial charge is 0.474 e. The number of alkyl halides is 1. The molecule has 1 aliphatic carbocycles. The lowest BCUT2D eigenvalue weighted by Crippen LogP contribution is -2.21. The average molecular weight is 508 g/mol. The Morgan fingerprint density at radius 1 is 1.29 bits per heavy atom. The van der Waals surface area contributed by atoms with Gasteiger partial charge in [-0.3, -0.25) is 4.79 Å². The Kier molecular flexibility index (Phi) is 7.04. The quantitative estimate of drug-likeness (QED) is 0.466. The smallest absolute Gasteiger partial charge is 0.237 e. The third-order valence-corrected chi connectivity index (χ3v) is 5.73. The third-order valence-electron chi connectivity index (χ3n) is 4.27. The number of aromatic nitrogens is 1. The maximum absolute atomic E-state index is 10.3. The number of aliphatic hydroxyl groups is 1. The first-order chi connectivity index (χ1) is 13.5. The molecule has 0 saturated heterocycles. The standard InChI is InChI=1S/C14H14N2O.C7H6Br2O2/c1-10-2-4-11(5-3-10)12-8-13-14(16-9-12)17-7-6-15-13;8-5-1-4(3-10)2-6(9)7(5)11/h2-5,8-9,15H,6-7H2,1H3;1-3,5,7,11H. The van der Waals surface area contributed by atoms with Gasteiger partial charge in [-0.1, -0.05) is 67.8 Å². The van der Waals surface area contributed by atoms with Crippen molar-refractivity contribution < 1.29 is 14.6 Å². The molecule has 2 heterocycles. The molecule has 2 unspecified atom stereocenters. The van der Waals surface area contributed by atoms with E-state index in [1.54, 1.807) is 12.2 Å². The molecule has 0 saturated carbocycles. The molecule has 4 rings (SSSR count). The Bertz CT molecular complexity index is 910. The second-order valence-corrected chi connectivity index (χ2v) is 8.39. The minimum absolute atomic E-state index is 0.179. The molecule has 0 amide bonds. The highest BCUT2D eigenvalue weighted by Crippen LogP contribution is 2.30. The maximum atomic E-state index is 10.3. The van der Waals surface area contributed by atoms with Crippen LogP contribution in [0.5, 0.6) is 5.88 Å². The van der Waals surface area contributed by atoms with Crippen LogP contribution >= 0.6 is 31.9 Å². The van der Waals surface area contributed by atoms with E-state index in [2.05, 4.69) is 79.4 Å². The van der Waals surface area contributed by atoms with E-state index < -0.39 is 6.10 Å². The number of carbonyl (C=O) groups is 1. The summed E-state index contributed by atoms with van der Waals surface area (Å²) in [6, 6.07) is 10.5. The van der Waals surface area contributed by atoms with Gasteiger partial charge in [-0.15, -0.1) is 0 Å². The van der Waals surface area contributed by atoms with E-state index in [9.17, 15) is 9.90 Å². The number of aliphatic hydroxyl groups excluding tert-OH is 1. The van der Waals surface area contributed by atoms with E-state index in [1.165, 1.54) is 11.1 Å². The molecule has 0 radical (unpaired) electrons. The maximum Gasteiger partial charge on any atom is 0.237 e. The number of pyridine rings is 1. The van der Waals surface area contributed by atoms with Crippen molar-refractivity contribution in [3.63, 3.8) is 0 Å². The average Bonchev–Trinajstić information content (AvgIpc) is 2.72. The summed E-state index contributed by atoms with van der Waals surface area (Å²) in [5.74, 6) is 0.701. The summed E-state index contributed by atoms with van der Waals surface area (Å²) in [6.45, 7) is 3.61. The normalized spacial score (nSPS) is 20.3. The Balaban J connectivity index is 0.000000178. The summed E-state index contributed by atoms with van der Waals surface area (Å²) in [4.78, 5) is 14.5. The summed E-state index contributed by atoms with van der Waals surface area (Å²) >= 11 is 6.38. The topological polar surface area (TPSA) is 71.5 Å². The summed E-state index contributed by atoms with van der Waals surface area (Å²) < 4.78 is 6.09. The van der Waals surface area contributed by atoms with Crippen molar-refractivity contribution in [2.45, 2.75) is 17.9 Å². The number of hydrogen-bond donors (Lipinski definition) is 2. The number of anilines is 1. The molecule has 2 N–H and O–H groups in total. The van der Waals surface area contributed by atoms with Crippen molar-refractivity contribution in [1.29, 1.82) is 0 Å². The highest BCUT2D eigenvalue weighted by Gasteiger charge is 2.21. The molecule has 28 heavy (non-hydrogen) atoms. The Labute approximate surface area is 180 Å². The van der Waals surface area contributed by atoms with Crippen LogP contribution in [-0.2, 0) is 4.79 Å². The summed E-state index contributed by atoms with van der Waals surface area (Å²) in [5.41, 5.74) is 5.11. The SMILES string of the molecule is Cc1ccc(-c2cnc3c(c2)NCCO3)cc1.O=CC1=CC(Br)C(O)C(Br)=C1. The molecule has 2 aromatic rings. The zero-order valence-electron chi connectivity index (χ0n) is 15.2. The van der Waals surface area contributed by atoms with E-state index >= 15 is 0 Å². The van der Waals surface area contributed by atoms with Crippen LogP contribution in [0.1, 0.15) is 5.56 Å². The molecule has 2 atom stereocenters. The first-order valence-corrected chi connectivity index (χ1v) is 10.5. The molecule has 2 aliphatic rings. The second kappa shape index (κ2) is 9.49. The van der Waals surface area contributed by atoms with Crippen molar-refractivity contribution >= 4 is 43.8 Å². The van der Waals surface area contributed by atoms with Crippen LogP contribution in [0.15, 0.2) is 58.7 Å². The van der Waals surface area contributed by atoms with Crippen molar-refractivity contribution in [3.05, 3.63) is 64.3 Å². The highest BCUT2D eigenvalue weighted by atomic mass is 79.9. The third kappa shape index (κ3) is 5.10. The zero-order chi connectivity index (χ0) is 20.1. The molecule has 1 aromatic carbocycles. The van der Waals surface area contributed by atoms with Crippen molar-refractivity contribution in [2.24, 2.45) is 0 Å². The summed E-state index contributed by atoms with van der Waals surface area (Å²) in [5, 5.41) is 12.6. The minimum Gasteiger partial charge on any atom is -0.474 e. The lowest BCUT2D eigenvalue weighted by molar-refractivity contribution is -0.104. The molecule has 146 valence electrons. The van der Waals surface area contributed by atoms with Gasteiger partial charge in [0.25, 0.3) is 0 Å². The van der Waals surface area contributed by atoms with Gasteiger partial charge in [-0.25, -0.2) is 4.98 Å². The fourth-order valence-electron chi connectivity index (χ4n) is 2.72.